The number of aryl methyl sites for hydroxylation is 1. The summed E-state index contributed by atoms with van der Waals surface area (Å²) in [6.07, 6.45) is 0. The minimum atomic E-state index is 0.464. The van der Waals surface area contributed by atoms with Gasteiger partial charge in [0.15, 0.2) is 0 Å². The predicted octanol–water partition coefficient (Wildman–Crippen LogP) is 2.10. The second-order valence-corrected chi connectivity index (χ2v) is 4.06. The fraction of sp³-hybridized carbons (Fsp3) is 0.385. The van der Waals surface area contributed by atoms with Gasteiger partial charge in [0.1, 0.15) is 0 Å². The molecule has 2 rings (SSSR count). The molecule has 0 saturated carbocycles. The van der Waals surface area contributed by atoms with Crippen molar-refractivity contribution in [3.63, 3.8) is 0 Å². The van der Waals surface area contributed by atoms with Crippen LogP contribution < -0.4 is 10.6 Å². The molecular formula is C13H18N4O. The number of benzene rings is 1. The summed E-state index contributed by atoms with van der Waals surface area (Å²) >= 11 is 0. The molecule has 0 spiro atoms. The summed E-state index contributed by atoms with van der Waals surface area (Å²) in [6, 6.07) is 8.68. The van der Waals surface area contributed by atoms with Gasteiger partial charge in [0.05, 0.1) is 6.54 Å². The Morgan fingerprint density at radius 2 is 2.00 bits per heavy atom. The smallest absolute Gasteiger partial charge is 0.315 e. The number of anilines is 1. The topological polar surface area (TPSA) is 63.0 Å². The molecule has 96 valence electrons. The van der Waals surface area contributed by atoms with E-state index in [1.165, 1.54) is 11.1 Å². The number of hydrogen-bond acceptors (Lipinski definition) is 5. The van der Waals surface area contributed by atoms with E-state index >= 15 is 0 Å². The predicted molar refractivity (Wildman–Crippen MR) is 70.2 cm³/mol. The summed E-state index contributed by atoms with van der Waals surface area (Å²) in [5.41, 5.74) is 2.47. The van der Waals surface area contributed by atoms with E-state index in [0.717, 1.165) is 6.54 Å². The average Bonchev–Trinajstić information content (AvgIpc) is 2.83. The van der Waals surface area contributed by atoms with Gasteiger partial charge in [0.25, 0.3) is 0 Å². The van der Waals surface area contributed by atoms with Gasteiger partial charge in [-0.25, -0.2) is 0 Å². The Morgan fingerprint density at radius 1 is 1.17 bits per heavy atom. The van der Waals surface area contributed by atoms with Crippen LogP contribution in [0.1, 0.15) is 23.9 Å². The van der Waals surface area contributed by atoms with Crippen LogP contribution in [0, 0.1) is 6.92 Å². The quantitative estimate of drug-likeness (QED) is 0.817. The first-order valence-corrected chi connectivity index (χ1v) is 6.11. The summed E-state index contributed by atoms with van der Waals surface area (Å²) in [5, 5.41) is 14.2. The van der Waals surface area contributed by atoms with Crippen LogP contribution in [-0.4, -0.2) is 16.7 Å². The minimum absolute atomic E-state index is 0.464. The molecule has 5 heteroatoms. The molecule has 18 heavy (non-hydrogen) atoms. The lowest BCUT2D eigenvalue weighted by Crippen LogP contribution is -2.11. The van der Waals surface area contributed by atoms with Crippen molar-refractivity contribution in [3.05, 3.63) is 41.3 Å². The molecule has 0 aliphatic heterocycles. The van der Waals surface area contributed by atoms with Gasteiger partial charge in [-0.15, -0.1) is 5.10 Å². The molecule has 0 aliphatic carbocycles. The highest BCUT2D eigenvalue weighted by Crippen LogP contribution is 2.11. The van der Waals surface area contributed by atoms with Gasteiger partial charge in [-0.3, -0.25) is 0 Å². The Balaban J connectivity index is 1.90. The molecule has 0 bridgehead atoms. The molecule has 0 unspecified atom stereocenters. The van der Waals surface area contributed by atoms with Gasteiger partial charge in [-0.2, -0.15) is 0 Å². The van der Waals surface area contributed by atoms with Crippen LogP contribution >= 0.6 is 0 Å². The van der Waals surface area contributed by atoms with Crippen molar-refractivity contribution in [2.45, 2.75) is 26.9 Å². The van der Waals surface area contributed by atoms with E-state index < -0.39 is 0 Å². The van der Waals surface area contributed by atoms with Crippen molar-refractivity contribution in [2.24, 2.45) is 0 Å². The lowest BCUT2D eigenvalue weighted by atomic mass is 10.1. The van der Waals surface area contributed by atoms with E-state index in [9.17, 15) is 0 Å². The highest BCUT2D eigenvalue weighted by molar-refractivity contribution is 5.29. The van der Waals surface area contributed by atoms with Crippen LogP contribution in [0.4, 0.5) is 6.01 Å². The molecule has 2 aromatic rings. The Morgan fingerprint density at radius 3 is 2.78 bits per heavy atom. The molecule has 0 saturated heterocycles. The maximum absolute atomic E-state index is 5.45. The van der Waals surface area contributed by atoms with Crippen molar-refractivity contribution in [3.8, 4) is 0 Å². The zero-order valence-corrected chi connectivity index (χ0v) is 10.7. The Kier molecular flexibility index (Phi) is 4.30. The third-order valence-electron chi connectivity index (χ3n) is 2.68. The summed E-state index contributed by atoms with van der Waals surface area (Å²) in [6.45, 7) is 6.30. The molecule has 1 aromatic carbocycles. The van der Waals surface area contributed by atoms with Crippen LogP contribution in [0.25, 0.3) is 0 Å². The molecule has 0 amide bonds. The number of nitrogens with one attached hydrogen (secondary N) is 2. The molecule has 2 N–H and O–H groups in total. The summed E-state index contributed by atoms with van der Waals surface area (Å²) in [7, 11) is 0. The molecule has 0 radical (unpaired) electrons. The minimum Gasteiger partial charge on any atom is -0.407 e. The normalized spacial score (nSPS) is 10.6. The number of aromatic nitrogens is 2. The molecule has 0 fully saturated rings. The summed E-state index contributed by atoms with van der Waals surface area (Å²) < 4.78 is 5.45. The van der Waals surface area contributed by atoms with E-state index in [1.807, 2.05) is 19.1 Å². The fourth-order valence-electron chi connectivity index (χ4n) is 1.61. The van der Waals surface area contributed by atoms with Crippen LogP contribution in [0.2, 0.25) is 0 Å². The Bertz CT molecular complexity index is 495. The van der Waals surface area contributed by atoms with E-state index in [2.05, 4.69) is 39.9 Å². The second-order valence-electron chi connectivity index (χ2n) is 4.06. The maximum atomic E-state index is 5.45. The van der Waals surface area contributed by atoms with E-state index in [4.69, 9.17) is 4.42 Å². The van der Waals surface area contributed by atoms with Gasteiger partial charge < -0.3 is 15.1 Å². The maximum Gasteiger partial charge on any atom is 0.315 e. The van der Waals surface area contributed by atoms with Gasteiger partial charge in [-0.05, 0) is 24.6 Å². The molecule has 5 nitrogen and oxygen atoms in total. The van der Waals surface area contributed by atoms with Gasteiger partial charge in [0.2, 0.25) is 5.89 Å². The zero-order valence-electron chi connectivity index (χ0n) is 10.7. The van der Waals surface area contributed by atoms with E-state index in [-0.39, 0.29) is 0 Å². The monoisotopic (exact) mass is 246 g/mol. The second kappa shape index (κ2) is 6.16. The summed E-state index contributed by atoms with van der Waals surface area (Å²) in [4.78, 5) is 0. The number of nitrogens with zero attached hydrogens (tertiary/aromatic N) is 2. The van der Waals surface area contributed by atoms with E-state index in [1.54, 1.807) is 0 Å². The highest BCUT2D eigenvalue weighted by Gasteiger charge is 2.05. The number of rotatable bonds is 6. The van der Waals surface area contributed by atoms with Crippen LogP contribution in [0.3, 0.4) is 0 Å². The largest absolute Gasteiger partial charge is 0.407 e. The summed E-state index contributed by atoms with van der Waals surface area (Å²) in [5.74, 6) is 0.601. The lowest BCUT2D eigenvalue weighted by molar-refractivity contribution is 0.481. The molecular weight excluding hydrogens is 228 g/mol. The first kappa shape index (κ1) is 12.6. The fourth-order valence-corrected chi connectivity index (χ4v) is 1.61. The highest BCUT2D eigenvalue weighted by atomic mass is 16.4. The zero-order chi connectivity index (χ0) is 12.8. The molecule has 1 heterocycles. The van der Waals surface area contributed by atoms with Crippen LogP contribution in [-0.2, 0) is 13.1 Å². The Hall–Kier alpha value is -1.88. The molecule has 0 aliphatic rings. The third kappa shape index (κ3) is 3.30. The average molecular weight is 246 g/mol. The van der Waals surface area contributed by atoms with Crippen molar-refractivity contribution in [1.29, 1.82) is 0 Å². The van der Waals surface area contributed by atoms with Crippen molar-refractivity contribution in [2.75, 3.05) is 11.9 Å². The van der Waals surface area contributed by atoms with E-state index in [0.29, 0.717) is 25.0 Å². The first-order chi connectivity index (χ1) is 8.79. The standard InChI is InChI=1S/C13H18N4O/c1-3-14-9-12-16-17-13(18-12)15-8-11-7-5-4-6-10(11)2/h4-7,14H,3,8-9H2,1-2H3,(H,15,17). The lowest BCUT2D eigenvalue weighted by Gasteiger charge is -2.04. The van der Waals surface area contributed by atoms with Crippen molar-refractivity contribution < 1.29 is 4.42 Å². The molecule has 0 atom stereocenters. The third-order valence-corrected chi connectivity index (χ3v) is 2.68. The van der Waals surface area contributed by atoms with Crippen LogP contribution in [0.15, 0.2) is 28.7 Å². The van der Waals surface area contributed by atoms with Crippen LogP contribution in [0.5, 0.6) is 0 Å². The van der Waals surface area contributed by atoms with Gasteiger partial charge in [-0.1, -0.05) is 36.3 Å². The van der Waals surface area contributed by atoms with Crippen molar-refractivity contribution in [1.82, 2.24) is 15.5 Å². The van der Waals surface area contributed by atoms with Gasteiger partial charge >= 0.3 is 6.01 Å². The van der Waals surface area contributed by atoms with Gasteiger partial charge in [0, 0.05) is 6.54 Å². The SMILES string of the molecule is CCNCc1nnc(NCc2ccccc2C)o1. The molecule has 1 aromatic heterocycles. The van der Waals surface area contributed by atoms with Crippen molar-refractivity contribution >= 4 is 6.01 Å². The Labute approximate surface area is 107 Å². The number of hydrogen-bond donors (Lipinski definition) is 2. The first-order valence-electron chi connectivity index (χ1n) is 6.11.